The summed E-state index contributed by atoms with van der Waals surface area (Å²) < 4.78 is 1.73. The largest absolute Gasteiger partial charge is 0.354 e. The number of aryl methyl sites for hydroxylation is 1. The fraction of sp³-hybridized carbons (Fsp3) is 0.368. The normalized spacial score (nSPS) is 16.2. The van der Waals surface area contributed by atoms with Gasteiger partial charge in [-0.05, 0) is 26.0 Å². The maximum atomic E-state index is 9.06. The highest BCUT2D eigenvalue weighted by atomic mass is 35.5. The first-order chi connectivity index (χ1) is 14.0. The molecule has 0 aliphatic carbocycles. The number of carbonyl (C=O) groups excluding carboxylic acids is 1. The second-order valence-corrected chi connectivity index (χ2v) is 7.11. The van der Waals surface area contributed by atoms with Gasteiger partial charge in [-0.2, -0.15) is 15.1 Å². The zero-order valence-electron chi connectivity index (χ0n) is 16.5. The van der Waals surface area contributed by atoms with Crippen LogP contribution in [0.25, 0.3) is 11.0 Å². The van der Waals surface area contributed by atoms with Gasteiger partial charge in [-0.1, -0.05) is 18.2 Å². The summed E-state index contributed by atoms with van der Waals surface area (Å²) in [4.78, 5) is 23.8. The van der Waals surface area contributed by atoms with Gasteiger partial charge in [0.05, 0.1) is 22.3 Å². The van der Waals surface area contributed by atoms with Crippen molar-refractivity contribution in [1.29, 1.82) is 0 Å². The van der Waals surface area contributed by atoms with Crippen LogP contribution in [-0.4, -0.2) is 57.2 Å². The van der Waals surface area contributed by atoms with E-state index >= 15 is 0 Å². The van der Waals surface area contributed by atoms with Crippen molar-refractivity contribution in [2.75, 3.05) is 30.4 Å². The van der Waals surface area contributed by atoms with Crippen LogP contribution in [0.15, 0.2) is 31.2 Å². The molecule has 10 heteroatoms. The summed E-state index contributed by atoms with van der Waals surface area (Å²) >= 11 is 6.40. The molecule has 0 amide bonds. The lowest BCUT2D eigenvalue weighted by molar-refractivity contribution is -0.104. The predicted octanol–water partition coefficient (Wildman–Crippen LogP) is 2.65. The molecule has 29 heavy (non-hydrogen) atoms. The zero-order valence-corrected chi connectivity index (χ0v) is 17.3. The summed E-state index contributed by atoms with van der Waals surface area (Å²) in [7, 11) is 3.87. The summed E-state index contributed by atoms with van der Waals surface area (Å²) in [6.45, 7) is 4.97. The number of hydrogen-bond donors (Lipinski definition) is 3. The van der Waals surface area contributed by atoms with E-state index in [1.54, 1.807) is 17.1 Å². The fourth-order valence-electron chi connectivity index (χ4n) is 3.28. The molecule has 1 saturated heterocycles. The van der Waals surface area contributed by atoms with Crippen molar-refractivity contribution < 1.29 is 4.79 Å². The van der Waals surface area contributed by atoms with Crippen molar-refractivity contribution in [3.8, 4) is 0 Å². The topological polar surface area (TPSA) is 104 Å². The molecule has 1 atom stereocenters. The molecule has 9 nitrogen and oxygen atoms in total. The van der Waals surface area contributed by atoms with Gasteiger partial charge in [0.15, 0.2) is 0 Å². The Morgan fingerprint density at radius 2 is 2.21 bits per heavy atom. The van der Waals surface area contributed by atoms with Gasteiger partial charge >= 0.3 is 0 Å². The third-order valence-corrected chi connectivity index (χ3v) is 4.95. The molecule has 0 radical (unpaired) electrons. The van der Waals surface area contributed by atoms with Crippen molar-refractivity contribution in [2.24, 2.45) is 7.05 Å². The number of hydrogen-bond acceptors (Lipinski definition) is 7. The molecule has 0 spiro atoms. The van der Waals surface area contributed by atoms with Crippen molar-refractivity contribution >= 4 is 46.4 Å². The van der Waals surface area contributed by atoms with E-state index in [-0.39, 0.29) is 0 Å². The molecule has 3 aromatic heterocycles. The van der Waals surface area contributed by atoms with Gasteiger partial charge in [0.2, 0.25) is 5.95 Å². The average molecular weight is 417 g/mol. The Morgan fingerprint density at radius 3 is 2.86 bits per heavy atom. The van der Waals surface area contributed by atoms with Gasteiger partial charge < -0.3 is 20.5 Å². The van der Waals surface area contributed by atoms with E-state index in [0.717, 1.165) is 42.0 Å². The Hall–Kier alpha value is -2.91. The van der Waals surface area contributed by atoms with Crippen LogP contribution in [0.1, 0.15) is 12.8 Å². The fourth-order valence-corrected chi connectivity index (χ4v) is 3.51. The number of rotatable bonds is 5. The number of halogens is 1. The summed E-state index contributed by atoms with van der Waals surface area (Å²) in [6.07, 6.45) is 9.50. The van der Waals surface area contributed by atoms with Crippen LogP contribution in [-0.2, 0) is 11.8 Å². The van der Waals surface area contributed by atoms with Crippen molar-refractivity contribution in [1.82, 2.24) is 30.0 Å². The molecule has 1 aliphatic heterocycles. The lowest BCUT2D eigenvalue weighted by Crippen LogP contribution is -2.44. The highest BCUT2D eigenvalue weighted by Gasteiger charge is 2.24. The maximum Gasteiger partial charge on any atom is 0.231 e. The van der Waals surface area contributed by atoms with Crippen molar-refractivity contribution in [3.63, 3.8) is 0 Å². The summed E-state index contributed by atoms with van der Waals surface area (Å²) in [5.41, 5.74) is 1.57. The number of aldehydes is 1. The van der Waals surface area contributed by atoms with Crippen LogP contribution >= 0.6 is 11.6 Å². The lowest BCUT2D eigenvalue weighted by Gasteiger charge is -2.33. The molecule has 1 fully saturated rings. The smallest absolute Gasteiger partial charge is 0.231 e. The minimum Gasteiger partial charge on any atom is -0.354 e. The zero-order chi connectivity index (χ0) is 20.8. The molecule has 4 heterocycles. The number of piperidine rings is 1. The van der Waals surface area contributed by atoms with Gasteiger partial charge in [0.1, 0.15) is 17.8 Å². The van der Waals surface area contributed by atoms with Gasteiger partial charge in [0.25, 0.3) is 0 Å². The molecule has 1 unspecified atom stereocenters. The van der Waals surface area contributed by atoms with Crippen LogP contribution in [0, 0.1) is 0 Å². The maximum absolute atomic E-state index is 9.06. The van der Waals surface area contributed by atoms with Crippen molar-refractivity contribution in [3.05, 3.63) is 36.3 Å². The average Bonchev–Trinajstić information content (AvgIpc) is 3.33. The van der Waals surface area contributed by atoms with Crippen LogP contribution in [0.3, 0.4) is 0 Å². The summed E-state index contributed by atoms with van der Waals surface area (Å²) in [5, 5.41) is 12.3. The van der Waals surface area contributed by atoms with E-state index in [1.807, 2.05) is 20.3 Å². The highest BCUT2D eigenvalue weighted by Crippen LogP contribution is 2.33. The molecule has 1 aliphatic rings. The number of H-pyrrole nitrogens is 1. The van der Waals surface area contributed by atoms with E-state index in [4.69, 9.17) is 21.4 Å². The van der Waals surface area contributed by atoms with E-state index < -0.39 is 0 Å². The molecule has 0 aromatic carbocycles. The number of nitrogens with one attached hydrogen (secondary N) is 3. The Morgan fingerprint density at radius 1 is 1.41 bits per heavy atom. The third-order valence-electron chi connectivity index (χ3n) is 4.65. The number of nitrogens with zero attached hydrogens (tertiary/aromatic N) is 5. The van der Waals surface area contributed by atoms with E-state index in [2.05, 4.69) is 37.2 Å². The summed E-state index contributed by atoms with van der Waals surface area (Å²) in [5.74, 6) is 1.39. The molecule has 154 valence electrons. The Kier molecular flexibility index (Phi) is 6.84. The molecular formula is C19H25ClN8O. The van der Waals surface area contributed by atoms with Crippen molar-refractivity contribution in [2.45, 2.75) is 18.9 Å². The number of carbonyl (C=O) groups is 1. The van der Waals surface area contributed by atoms with Gasteiger partial charge in [-0.25, -0.2) is 0 Å². The second-order valence-electron chi connectivity index (χ2n) is 6.70. The quantitative estimate of drug-likeness (QED) is 0.434. The minimum atomic E-state index is 0.450. The number of aromatic amines is 1. The highest BCUT2D eigenvalue weighted by molar-refractivity contribution is 6.36. The first-order valence-electron chi connectivity index (χ1n) is 9.34. The van der Waals surface area contributed by atoms with Gasteiger partial charge in [-0.15, -0.1) is 0 Å². The number of anilines is 3. The van der Waals surface area contributed by atoms with E-state index in [0.29, 0.717) is 23.3 Å². The Balaban J connectivity index is 0.000000552. The monoisotopic (exact) mass is 416 g/mol. The number of aromatic nitrogens is 5. The van der Waals surface area contributed by atoms with Crippen LogP contribution in [0.4, 0.5) is 17.5 Å². The van der Waals surface area contributed by atoms with Gasteiger partial charge in [-0.3, -0.25) is 9.48 Å². The van der Waals surface area contributed by atoms with E-state index in [1.165, 1.54) is 12.5 Å². The number of fused-ring (bicyclic) bond motifs is 1. The SMILES string of the molecule is C=CC=O.CNC1CCCN(c2nc(Nc3cnn(C)c3)nc3[nH]cc(Cl)c23)C1. The van der Waals surface area contributed by atoms with Gasteiger partial charge in [0, 0.05) is 38.6 Å². The van der Waals surface area contributed by atoms with E-state index in [9.17, 15) is 0 Å². The van der Waals surface area contributed by atoms with Crippen LogP contribution in [0.5, 0.6) is 0 Å². The molecule has 0 bridgehead atoms. The first kappa shape index (κ1) is 20.8. The number of likely N-dealkylation sites (N-methyl/N-ethyl adjacent to an activating group) is 1. The Bertz CT molecular complexity index is 976. The molecule has 0 saturated carbocycles. The van der Waals surface area contributed by atoms with Crippen LogP contribution < -0.4 is 15.5 Å². The Labute approximate surface area is 174 Å². The second kappa shape index (κ2) is 9.53. The lowest BCUT2D eigenvalue weighted by atomic mass is 10.1. The third kappa shape index (κ3) is 4.93. The minimum absolute atomic E-state index is 0.450. The predicted molar refractivity (Wildman–Crippen MR) is 116 cm³/mol. The number of allylic oxidation sites excluding steroid dienone is 1. The molecule has 3 N–H and O–H groups in total. The standard InChI is InChI=1S/C16H21ClN8.C3H4O/c1-18-10-4-3-5-25(9-10)15-13-12(17)7-19-14(13)22-16(23-15)21-11-6-20-24(2)8-11;1-2-3-4/h6-8,10,18H,3-5,9H2,1-2H3,(H2,19,21,22,23);2-3H,1H2. The molecule has 3 aromatic rings. The van der Waals surface area contributed by atoms with Crippen LogP contribution in [0.2, 0.25) is 5.02 Å². The molecular weight excluding hydrogens is 392 g/mol. The molecule has 4 rings (SSSR count). The summed E-state index contributed by atoms with van der Waals surface area (Å²) in [6, 6.07) is 0.450. The first-order valence-corrected chi connectivity index (χ1v) is 9.72.